The minimum atomic E-state index is -1.02. The van der Waals surface area contributed by atoms with Crippen molar-refractivity contribution in [3.05, 3.63) is 59.6 Å². The second kappa shape index (κ2) is 9.23. The molecule has 2 unspecified atom stereocenters. The summed E-state index contributed by atoms with van der Waals surface area (Å²) >= 11 is 1.51. The van der Waals surface area contributed by atoms with Crippen LogP contribution in [0, 0.1) is 28.1 Å². The minimum Gasteiger partial charge on any atom is -0.472 e. The average molecular weight is 592 g/mol. The van der Waals surface area contributed by atoms with Crippen LogP contribution in [-0.4, -0.2) is 48.4 Å². The normalized spacial score (nSPS) is 41.8. The SMILES string of the molecule is COC(=O)C[C@H]1[C@]2(C)C3=C(C)[C@H](c4ccoc4)C[C@@H]3O[C@@H]2[C@@H]2OC(=O)[C@]3(C)C(Sc4cccc(N)c4)CC(=O)[C@@]1(C)C23. The zero-order valence-corrected chi connectivity index (χ0v) is 25.4. The number of carbonyl (C=O) groups excluding carboxylic acids is 3. The number of thioether (sulfide) groups is 1. The Balaban J connectivity index is 1.38. The highest BCUT2D eigenvalue weighted by Gasteiger charge is 2.80. The summed E-state index contributed by atoms with van der Waals surface area (Å²) in [6.45, 7) is 8.16. The van der Waals surface area contributed by atoms with E-state index < -0.39 is 40.3 Å². The van der Waals surface area contributed by atoms with Gasteiger partial charge >= 0.3 is 11.9 Å². The summed E-state index contributed by atoms with van der Waals surface area (Å²) in [5.74, 6) is -1.42. The molecule has 2 aromatic rings. The summed E-state index contributed by atoms with van der Waals surface area (Å²) < 4.78 is 23.9. The molecule has 7 rings (SSSR count). The Kier molecular flexibility index (Phi) is 6.10. The van der Waals surface area contributed by atoms with Gasteiger partial charge in [-0.2, -0.15) is 0 Å². The summed E-state index contributed by atoms with van der Waals surface area (Å²) in [4.78, 5) is 42.6. The Morgan fingerprint density at radius 1 is 1.14 bits per heavy atom. The van der Waals surface area contributed by atoms with E-state index in [0.717, 1.165) is 22.5 Å². The lowest BCUT2D eigenvalue weighted by Crippen LogP contribution is -2.69. The summed E-state index contributed by atoms with van der Waals surface area (Å²) in [5, 5.41) is -0.349. The number of rotatable bonds is 5. The molecular formula is C33H37NO7S. The van der Waals surface area contributed by atoms with Gasteiger partial charge in [-0.15, -0.1) is 11.8 Å². The van der Waals surface area contributed by atoms with Crippen LogP contribution in [0.4, 0.5) is 5.69 Å². The molecule has 2 aliphatic heterocycles. The first-order chi connectivity index (χ1) is 19.9. The van der Waals surface area contributed by atoms with E-state index in [9.17, 15) is 14.4 Å². The number of furan rings is 1. The Labute approximate surface area is 249 Å². The van der Waals surface area contributed by atoms with Crippen molar-refractivity contribution >= 4 is 35.2 Å². The standard InChI is InChI=1S/C33H37NO7S/c1-16-20(17-9-10-39-15-17)12-21-26(16)32(3)22(13-25(36)38-5)31(2)23(35)14-24(42-19-8-6-7-18(34)11-19)33(4)28(31)27(29(32)40-21)41-30(33)37/h6-11,15,20-22,24,27-29H,12-14,34H2,1-5H3/t20-,21+,22-,24?,27-,28?,29-,31+,32-,33-/m1/s1. The number of hydrogen-bond acceptors (Lipinski definition) is 9. The van der Waals surface area contributed by atoms with E-state index in [2.05, 4.69) is 13.8 Å². The van der Waals surface area contributed by atoms with Gasteiger partial charge in [-0.3, -0.25) is 14.4 Å². The number of ketones is 1. The van der Waals surface area contributed by atoms with Crippen molar-refractivity contribution in [2.45, 2.75) is 81.3 Å². The van der Waals surface area contributed by atoms with E-state index in [1.165, 1.54) is 24.4 Å². The second-order valence-corrected chi connectivity index (χ2v) is 14.6. The van der Waals surface area contributed by atoms with Crippen molar-refractivity contribution in [1.82, 2.24) is 0 Å². The summed E-state index contributed by atoms with van der Waals surface area (Å²) in [7, 11) is 1.38. The maximum Gasteiger partial charge on any atom is 0.313 e. The topological polar surface area (TPSA) is 118 Å². The number of nitrogen functional groups attached to an aromatic ring is 1. The van der Waals surface area contributed by atoms with Gasteiger partial charge in [0.2, 0.25) is 0 Å². The van der Waals surface area contributed by atoms with Gasteiger partial charge < -0.3 is 24.4 Å². The number of nitrogens with two attached hydrogens (primary N) is 1. The number of methoxy groups -OCH3 is 1. The Hall–Kier alpha value is -3.04. The summed E-state index contributed by atoms with van der Waals surface area (Å²) in [6.07, 6.45) is 3.11. The molecule has 5 aliphatic rings. The Bertz CT molecular complexity index is 1520. The van der Waals surface area contributed by atoms with Crippen LogP contribution in [0.5, 0.6) is 0 Å². The van der Waals surface area contributed by atoms with Gasteiger partial charge in [0.15, 0.2) is 0 Å². The van der Waals surface area contributed by atoms with Crippen LogP contribution in [0.25, 0.3) is 0 Å². The van der Waals surface area contributed by atoms with Gasteiger partial charge in [-0.05, 0) is 61.6 Å². The smallest absolute Gasteiger partial charge is 0.313 e. The highest BCUT2D eigenvalue weighted by molar-refractivity contribution is 8.00. The molecule has 42 heavy (non-hydrogen) atoms. The molecule has 3 heterocycles. The second-order valence-electron chi connectivity index (χ2n) is 13.3. The lowest BCUT2D eigenvalue weighted by Gasteiger charge is -2.61. The van der Waals surface area contributed by atoms with E-state index in [1.807, 2.05) is 44.2 Å². The number of fused-ring (bicyclic) bond motifs is 4. The molecule has 2 saturated heterocycles. The van der Waals surface area contributed by atoms with Crippen molar-refractivity contribution in [1.29, 1.82) is 0 Å². The van der Waals surface area contributed by atoms with Crippen LogP contribution in [-0.2, 0) is 28.6 Å². The van der Waals surface area contributed by atoms with E-state index in [-0.39, 0.29) is 47.8 Å². The van der Waals surface area contributed by atoms with Crippen LogP contribution in [0.3, 0.4) is 0 Å². The van der Waals surface area contributed by atoms with Gasteiger partial charge in [0, 0.05) is 44.9 Å². The number of esters is 2. The van der Waals surface area contributed by atoms with Crippen LogP contribution in [0.15, 0.2) is 63.3 Å². The number of benzene rings is 1. The van der Waals surface area contributed by atoms with Crippen LogP contribution in [0.1, 0.15) is 58.4 Å². The molecule has 222 valence electrons. The maximum absolute atomic E-state index is 14.6. The molecule has 1 aromatic heterocycles. The monoisotopic (exact) mass is 591 g/mol. The third kappa shape index (κ3) is 3.43. The predicted molar refractivity (Wildman–Crippen MR) is 155 cm³/mol. The van der Waals surface area contributed by atoms with E-state index >= 15 is 0 Å². The number of ether oxygens (including phenoxy) is 3. The fraction of sp³-hybridized carbons (Fsp3) is 0.545. The van der Waals surface area contributed by atoms with Crippen LogP contribution in [0.2, 0.25) is 0 Å². The molecule has 1 aromatic carbocycles. The lowest BCUT2D eigenvalue weighted by atomic mass is 9.40. The third-order valence-corrected chi connectivity index (χ3v) is 13.0. The van der Waals surface area contributed by atoms with Gasteiger partial charge in [0.05, 0.1) is 37.6 Å². The number of carbonyl (C=O) groups is 3. The van der Waals surface area contributed by atoms with E-state index in [1.54, 1.807) is 12.5 Å². The number of hydrogen-bond donors (Lipinski definition) is 1. The molecule has 3 aliphatic carbocycles. The molecule has 2 N–H and O–H groups in total. The molecule has 2 saturated carbocycles. The summed E-state index contributed by atoms with van der Waals surface area (Å²) in [6, 6.07) is 9.49. The first-order valence-electron chi connectivity index (χ1n) is 14.7. The molecule has 9 heteroatoms. The molecule has 0 spiro atoms. The van der Waals surface area contributed by atoms with Crippen molar-refractivity contribution in [3.63, 3.8) is 0 Å². The largest absolute Gasteiger partial charge is 0.472 e. The molecule has 0 amide bonds. The first kappa shape index (κ1) is 27.8. The number of allylic oxidation sites excluding steroid dienone is 1. The number of anilines is 1. The van der Waals surface area contributed by atoms with E-state index in [4.69, 9.17) is 24.4 Å². The van der Waals surface area contributed by atoms with Crippen LogP contribution < -0.4 is 5.73 Å². The van der Waals surface area contributed by atoms with Crippen molar-refractivity contribution in [2.24, 2.45) is 28.1 Å². The Morgan fingerprint density at radius 2 is 1.93 bits per heavy atom. The average Bonchev–Trinajstić information content (AvgIpc) is 3.70. The zero-order valence-electron chi connectivity index (χ0n) is 24.5. The number of Topliss-reactive ketones (excluding diaryl/α,β-unsaturated/α-hetero) is 1. The molecule has 0 bridgehead atoms. The van der Waals surface area contributed by atoms with Crippen LogP contribution >= 0.6 is 11.8 Å². The highest BCUT2D eigenvalue weighted by Crippen LogP contribution is 2.73. The zero-order chi connectivity index (χ0) is 29.8. The predicted octanol–water partition coefficient (Wildman–Crippen LogP) is 5.32. The van der Waals surface area contributed by atoms with Crippen molar-refractivity contribution < 1.29 is 33.0 Å². The quantitative estimate of drug-likeness (QED) is 0.280. The fourth-order valence-corrected chi connectivity index (χ4v) is 11.1. The van der Waals surface area contributed by atoms with Gasteiger partial charge in [0.1, 0.15) is 18.0 Å². The molecule has 4 fully saturated rings. The van der Waals surface area contributed by atoms with Gasteiger partial charge in [-0.1, -0.05) is 25.5 Å². The van der Waals surface area contributed by atoms with E-state index in [0.29, 0.717) is 5.69 Å². The lowest BCUT2D eigenvalue weighted by molar-refractivity contribution is -0.196. The fourth-order valence-electron chi connectivity index (χ4n) is 9.70. The minimum absolute atomic E-state index is 0.0503. The van der Waals surface area contributed by atoms with Gasteiger partial charge in [-0.25, -0.2) is 0 Å². The molecule has 8 nitrogen and oxygen atoms in total. The first-order valence-corrected chi connectivity index (χ1v) is 15.6. The molecule has 10 atom stereocenters. The third-order valence-electron chi connectivity index (χ3n) is 11.6. The molecule has 0 radical (unpaired) electrons. The summed E-state index contributed by atoms with van der Waals surface area (Å²) in [5.41, 5.74) is 7.36. The highest BCUT2D eigenvalue weighted by atomic mass is 32.2. The molecular weight excluding hydrogens is 554 g/mol. The maximum atomic E-state index is 14.6. The van der Waals surface area contributed by atoms with Gasteiger partial charge in [0.25, 0.3) is 0 Å². The van der Waals surface area contributed by atoms with Crippen molar-refractivity contribution in [3.8, 4) is 0 Å². The Morgan fingerprint density at radius 3 is 2.62 bits per heavy atom. The van der Waals surface area contributed by atoms with Crippen molar-refractivity contribution in [2.75, 3.05) is 12.8 Å².